The highest BCUT2D eigenvalue weighted by molar-refractivity contribution is 5.23. The summed E-state index contributed by atoms with van der Waals surface area (Å²) in [5, 5.41) is 10.8. The molecule has 0 aliphatic heterocycles. The smallest absolute Gasteiger partial charge is 0.0535 e. The quantitative estimate of drug-likeness (QED) is 0.820. The molecular formula is C13H23N3. The maximum absolute atomic E-state index is 4.15. The lowest BCUT2D eigenvalue weighted by Gasteiger charge is -2.18. The molecule has 0 saturated heterocycles. The zero-order valence-corrected chi connectivity index (χ0v) is 10.8. The molecule has 1 aromatic rings. The van der Waals surface area contributed by atoms with Gasteiger partial charge in [0, 0.05) is 23.2 Å². The summed E-state index contributed by atoms with van der Waals surface area (Å²) in [5.74, 6) is 1.84. The fraction of sp³-hybridized carbons (Fsp3) is 0.769. The highest BCUT2D eigenvalue weighted by Crippen LogP contribution is 2.36. The Balaban J connectivity index is 1.87. The molecule has 1 fully saturated rings. The highest BCUT2D eigenvalue weighted by atomic mass is 15.1. The number of aromatic amines is 1. The number of hydrogen-bond donors (Lipinski definition) is 2. The van der Waals surface area contributed by atoms with Crippen LogP contribution in [-0.4, -0.2) is 16.7 Å². The van der Waals surface area contributed by atoms with E-state index in [0.717, 1.165) is 24.9 Å². The number of hydrogen-bond acceptors (Lipinski definition) is 2. The molecule has 3 nitrogen and oxygen atoms in total. The van der Waals surface area contributed by atoms with Crippen molar-refractivity contribution in [2.45, 2.75) is 46.1 Å². The molecule has 1 aliphatic rings. The fourth-order valence-electron chi connectivity index (χ4n) is 2.17. The first-order valence-corrected chi connectivity index (χ1v) is 6.22. The second kappa shape index (κ2) is 4.21. The summed E-state index contributed by atoms with van der Waals surface area (Å²) in [6, 6.07) is 0. The van der Waals surface area contributed by atoms with Gasteiger partial charge >= 0.3 is 0 Å². The van der Waals surface area contributed by atoms with Crippen LogP contribution >= 0.6 is 0 Å². The lowest BCUT2D eigenvalue weighted by atomic mass is 9.89. The van der Waals surface area contributed by atoms with Crippen molar-refractivity contribution in [2.75, 3.05) is 6.54 Å². The van der Waals surface area contributed by atoms with Crippen molar-refractivity contribution >= 4 is 0 Å². The van der Waals surface area contributed by atoms with Gasteiger partial charge in [0.2, 0.25) is 0 Å². The van der Waals surface area contributed by atoms with E-state index in [4.69, 9.17) is 0 Å². The van der Waals surface area contributed by atoms with Gasteiger partial charge in [-0.3, -0.25) is 5.10 Å². The summed E-state index contributed by atoms with van der Waals surface area (Å²) >= 11 is 0. The molecule has 1 aliphatic carbocycles. The van der Waals surface area contributed by atoms with Crippen molar-refractivity contribution < 1.29 is 0 Å². The molecule has 90 valence electrons. The molecule has 0 bridgehead atoms. The largest absolute Gasteiger partial charge is 0.312 e. The molecule has 1 heterocycles. The van der Waals surface area contributed by atoms with E-state index in [1.807, 2.05) is 6.20 Å². The van der Waals surface area contributed by atoms with E-state index >= 15 is 0 Å². The highest BCUT2D eigenvalue weighted by Gasteiger charge is 2.31. The van der Waals surface area contributed by atoms with Gasteiger partial charge in [-0.1, -0.05) is 27.7 Å². The zero-order chi connectivity index (χ0) is 11.8. The first kappa shape index (κ1) is 11.6. The molecule has 2 N–H and O–H groups in total. The SMILES string of the molecule is CC1CC1CNCc1cn[nH]c1C(C)(C)C. The lowest BCUT2D eigenvalue weighted by molar-refractivity contribution is 0.548. The first-order valence-electron chi connectivity index (χ1n) is 6.22. The molecule has 2 rings (SSSR count). The molecule has 2 unspecified atom stereocenters. The van der Waals surface area contributed by atoms with Crippen molar-refractivity contribution in [3.8, 4) is 0 Å². The minimum atomic E-state index is 0.153. The van der Waals surface area contributed by atoms with Gasteiger partial charge in [-0.15, -0.1) is 0 Å². The molecule has 1 saturated carbocycles. The Morgan fingerprint density at radius 1 is 1.50 bits per heavy atom. The third-order valence-electron chi connectivity index (χ3n) is 3.47. The Morgan fingerprint density at radius 2 is 2.19 bits per heavy atom. The Labute approximate surface area is 98.0 Å². The van der Waals surface area contributed by atoms with Crippen molar-refractivity contribution in [1.82, 2.24) is 15.5 Å². The predicted molar refractivity (Wildman–Crippen MR) is 66.3 cm³/mol. The van der Waals surface area contributed by atoms with E-state index in [1.165, 1.54) is 17.7 Å². The molecule has 0 aromatic carbocycles. The molecule has 0 spiro atoms. The van der Waals surface area contributed by atoms with Crippen LogP contribution in [0.25, 0.3) is 0 Å². The lowest BCUT2D eigenvalue weighted by Crippen LogP contribution is -2.20. The summed E-state index contributed by atoms with van der Waals surface area (Å²) in [6.45, 7) is 11.1. The van der Waals surface area contributed by atoms with E-state index in [-0.39, 0.29) is 5.41 Å². The molecule has 2 atom stereocenters. The van der Waals surface area contributed by atoms with Gasteiger partial charge in [0.15, 0.2) is 0 Å². The average Bonchev–Trinajstić information content (AvgIpc) is 2.70. The van der Waals surface area contributed by atoms with Crippen LogP contribution in [0.3, 0.4) is 0 Å². The van der Waals surface area contributed by atoms with Crippen LogP contribution in [0.4, 0.5) is 0 Å². The van der Waals surface area contributed by atoms with Gasteiger partial charge in [0.1, 0.15) is 0 Å². The normalized spacial score (nSPS) is 24.8. The van der Waals surface area contributed by atoms with Gasteiger partial charge < -0.3 is 5.32 Å². The van der Waals surface area contributed by atoms with Crippen LogP contribution in [0.5, 0.6) is 0 Å². The van der Waals surface area contributed by atoms with E-state index in [1.54, 1.807) is 0 Å². The summed E-state index contributed by atoms with van der Waals surface area (Å²) in [5.41, 5.74) is 2.71. The third-order valence-corrected chi connectivity index (χ3v) is 3.47. The van der Waals surface area contributed by atoms with Crippen LogP contribution in [0.15, 0.2) is 6.20 Å². The summed E-state index contributed by atoms with van der Waals surface area (Å²) in [6.07, 6.45) is 3.34. The minimum Gasteiger partial charge on any atom is -0.312 e. The molecule has 3 heteroatoms. The number of H-pyrrole nitrogens is 1. The fourth-order valence-corrected chi connectivity index (χ4v) is 2.17. The average molecular weight is 221 g/mol. The molecule has 0 radical (unpaired) electrons. The van der Waals surface area contributed by atoms with Crippen LogP contribution in [0, 0.1) is 11.8 Å². The van der Waals surface area contributed by atoms with E-state index < -0.39 is 0 Å². The number of aromatic nitrogens is 2. The summed E-state index contributed by atoms with van der Waals surface area (Å²) in [4.78, 5) is 0. The molecule has 0 amide bonds. The van der Waals surface area contributed by atoms with Crippen molar-refractivity contribution in [2.24, 2.45) is 11.8 Å². The second-order valence-corrected chi connectivity index (χ2v) is 6.12. The van der Waals surface area contributed by atoms with Gasteiger partial charge in [-0.05, 0) is 24.8 Å². The second-order valence-electron chi connectivity index (χ2n) is 6.12. The maximum atomic E-state index is 4.15. The van der Waals surface area contributed by atoms with Crippen molar-refractivity contribution in [3.05, 3.63) is 17.5 Å². The molecule has 16 heavy (non-hydrogen) atoms. The Hall–Kier alpha value is -0.830. The predicted octanol–water partition coefficient (Wildman–Crippen LogP) is 2.45. The molecule has 1 aromatic heterocycles. The third kappa shape index (κ3) is 2.64. The summed E-state index contributed by atoms with van der Waals surface area (Å²) < 4.78 is 0. The van der Waals surface area contributed by atoms with Gasteiger partial charge in [-0.2, -0.15) is 5.10 Å². The number of rotatable bonds is 4. The minimum absolute atomic E-state index is 0.153. The Kier molecular flexibility index (Phi) is 3.06. The zero-order valence-electron chi connectivity index (χ0n) is 10.8. The van der Waals surface area contributed by atoms with Gasteiger partial charge in [-0.25, -0.2) is 0 Å². The van der Waals surface area contributed by atoms with E-state index in [2.05, 4.69) is 43.2 Å². The Bertz CT molecular complexity index is 348. The van der Waals surface area contributed by atoms with Gasteiger partial charge in [0.05, 0.1) is 6.20 Å². The topological polar surface area (TPSA) is 40.7 Å². The van der Waals surface area contributed by atoms with E-state index in [9.17, 15) is 0 Å². The number of nitrogens with zero attached hydrogens (tertiary/aromatic N) is 1. The van der Waals surface area contributed by atoms with Gasteiger partial charge in [0.25, 0.3) is 0 Å². The van der Waals surface area contributed by atoms with Crippen LogP contribution in [0.2, 0.25) is 0 Å². The molecular weight excluding hydrogens is 198 g/mol. The van der Waals surface area contributed by atoms with Crippen LogP contribution in [-0.2, 0) is 12.0 Å². The Morgan fingerprint density at radius 3 is 2.75 bits per heavy atom. The van der Waals surface area contributed by atoms with Crippen molar-refractivity contribution in [3.63, 3.8) is 0 Å². The monoisotopic (exact) mass is 221 g/mol. The first-order chi connectivity index (χ1) is 7.48. The number of nitrogens with one attached hydrogen (secondary N) is 2. The standard InChI is InChI=1S/C13H23N3/c1-9-5-10(9)6-14-7-11-8-15-16-12(11)13(2,3)4/h8-10,14H,5-7H2,1-4H3,(H,15,16). The van der Waals surface area contributed by atoms with Crippen LogP contribution < -0.4 is 5.32 Å². The van der Waals surface area contributed by atoms with Crippen LogP contribution in [0.1, 0.15) is 45.4 Å². The summed E-state index contributed by atoms with van der Waals surface area (Å²) in [7, 11) is 0. The van der Waals surface area contributed by atoms with Crippen molar-refractivity contribution in [1.29, 1.82) is 0 Å². The van der Waals surface area contributed by atoms with E-state index in [0.29, 0.717) is 0 Å². The maximum Gasteiger partial charge on any atom is 0.0535 e.